The third kappa shape index (κ3) is 3.64. The van der Waals surface area contributed by atoms with Crippen molar-refractivity contribution in [1.82, 2.24) is 15.3 Å². The van der Waals surface area contributed by atoms with Gasteiger partial charge in [-0.05, 0) is 19.8 Å². The maximum Gasteiger partial charge on any atom is 0.236 e. The molecule has 0 aliphatic heterocycles. The van der Waals surface area contributed by atoms with E-state index in [0.717, 1.165) is 12.8 Å². The molecule has 0 aromatic carbocycles. The lowest BCUT2D eigenvalue weighted by atomic mass is 10.4. The highest BCUT2D eigenvalue weighted by atomic mass is 32.2. The van der Waals surface area contributed by atoms with Crippen molar-refractivity contribution < 1.29 is 8.42 Å². The van der Waals surface area contributed by atoms with Gasteiger partial charge in [-0.15, -0.1) is 0 Å². The summed E-state index contributed by atoms with van der Waals surface area (Å²) in [4.78, 5) is 7.52. The molecule has 2 N–H and O–H groups in total. The van der Waals surface area contributed by atoms with Gasteiger partial charge in [-0.2, -0.15) is 0 Å². The van der Waals surface area contributed by atoms with Gasteiger partial charge in [-0.3, -0.25) is 4.72 Å². The highest BCUT2D eigenvalue weighted by Crippen LogP contribution is 2.19. The highest BCUT2D eigenvalue weighted by Gasteiger charge is 2.25. The molecule has 0 spiro atoms. The average Bonchev–Trinajstić information content (AvgIpc) is 3.10. The Bertz CT molecular complexity index is 458. The van der Waals surface area contributed by atoms with Gasteiger partial charge in [0.25, 0.3) is 0 Å². The first-order chi connectivity index (χ1) is 8.08. The van der Waals surface area contributed by atoms with Crippen molar-refractivity contribution in [2.45, 2.75) is 31.1 Å². The van der Waals surface area contributed by atoms with Crippen molar-refractivity contribution >= 4 is 15.7 Å². The first kappa shape index (κ1) is 12.3. The predicted molar refractivity (Wildman–Crippen MR) is 65.1 cm³/mol. The van der Waals surface area contributed by atoms with Crippen molar-refractivity contribution in [1.29, 1.82) is 0 Å². The summed E-state index contributed by atoms with van der Waals surface area (Å²) in [5, 5.41) is 2.71. The van der Waals surface area contributed by atoms with Crippen LogP contribution >= 0.6 is 0 Å². The Hall–Kier alpha value is -1.21. The molecule has 0 saturated heterocycles. The van der Waals surface area contributed by atoms with Crippen molar-refractivity contribution in [3.8, 4) is 0 Å². The van der Waals surface area contributed by atoms with Crippen LogP contribution in [0.15, 0.2) is 18.7 Å². The molecule has 1 saturated carbocycles. The van der Waals surface area contributed by atoms with E-state index in [2.05, 4.69) is 20.0 Å². The van der Waals surface area contributed by atoms with E-state index in [-0.39, 0.29) is 0 Å². The van der Waals surface area contributed by atoms with Crippen LogP contribution in [0.5, 0.6) is 0 Å². The van der Waals surface area contributed by atoms with Gasteiger partial charge in [-0.1, -0.05) is 0 Å². The average molecular weight is 256 g/mol. The van der Waals surface area contributed by atoms with E-state index >= 15 is 0 Å². The molecule has 1 heterocycles. The zero-order valence-corrected chi connectivity index (χ0v) is 10.4. The monoisotopic (exact) mass is 256 g/mol. The first-order valence-corrected chi connectivity index (χ1v) is 7.12. The summed E-state index contributed by atoms with van der Waals surface area (Å²) in [6, 6.07) is 0.507. The number of aromatic nitrogens is 2. The number of hydrogen-bond donors (Lipinski definition) is 2. The molecule has 0 amide bonds. The zero-order valence-electron chi connectivity index (χ0n) is 9.63. The van der Waals surface area contributed by atoms with Gasteiger partial charge < -0.3 is 5.32 Å². The molecule has 1 aromatic heterocycles. The fourth-order valence-corrected chi connectivity index (χ4v) is 2.30. The molecule has 0 bridgehead atoms. The molecule has 94 valence electrons. The van der Waals surface area contributed by atoms with E-state index in [1.807, 2.05) is 0 Å². The maximum absolute atomic E-state index is 11.9. The molecule has 17 heavy (non-hydrogen) atoms. The van der Waals surface area contributed by atoms with Crippen LogP contribution in [0.3, 0.4) is 0 Å². The second-order valence-corrected chi connectivity index (χ2v) is 6.37. The van der Waals surface area contributed by atoms with Crippen molar-refractivity contribution in [2.75, 3.05) is 11.3 Å². The summed E-state index contributed by atoms with van der Waals surface area (Å²) in [7, 11) is -3.37. The van der Waals surface area contributed by atoms with Crippen LogP contribution < -0.4 is 10.0 Å². The molecular weight excluding hydrogens is 240 g/mol. The van der Waals surface area contributed by atoms with Crippen molar-refractivity contribution in [3.63, 3.8) is 0 Å². The number of anilines is 1. The molecule has 1 aliphatic rings. The van der Waals surface area contributed by atoms with Crippen LogP contribution in [0.1, 0.15) is 19.8 Å². The molecule has 2 rings (SSSR count). The molecule has 1 aromatic rings. The fourth-order valence-electron chi connectivity index (χ4n) is 1.35. The van der Waals surface area contributed by atoms with Crippen LogP contribution in [0.25, 0.3) is 0 Å². The Kier molecular flexibility index (Phi) is 3.58. The van der Waals surface area contributed by atoms with Crippen LogP contribution in [-0.2, 0) is 10.0 Å². The molecule has 1 unspecified atom stereocenters. The molecular formula is C10H16N4O2S. The fraction of sp³-hybridized carbons (Fsp3) is 0.600. The highest BCUT2D eigenvalue weighted by molar-refractivity contribution is 7.93. The summed E-state index contributed by atoms with van der Waals surface area (Å²) in [6.45, 7) is 2.15. The van der Waals surface area contributed by atoms with E-state index < -0.39 is 15.3 Å². The third-order valence-corrected chi connectivity index (χ3v) is 4.37. The zero-order chi connectivity index (χ0) is 12.3. The van der Waals surface area contributed by atoms with Gasteiger partial charge in [0, 0.05) is 12.6 Å². The standard InChI is InChI=1S/C10H16N4O2S/c1-8(4-13-9-2-3-9)17(15,16)14-10-5-11-7-12-6-10/h5-9,13-14H,2-4H2,1H3. The lowest BCUT2D eigenvalue weighted by Gasteiger charge is -2.14. The maximum atomic E-state index is 11.9. The largest absolute Gasteiger partial charge is 0.313 e. The van der Waals surface area contributed by atoms with Crippen LogP contribution in [0.4, 0.5) is 5.69 Å². The third-order valence-electron chi connectivity index (χ3n) is 2.62. The van der Waals surface area contributed by atoms with E-state index in [4.69, 9.17) is 0 Å². The molecule has 7 heteroatoms. The number of nitrogens with one attached hydrogen (secondary N) is 2. The minimum atomic E-state index is -3.37. The van der Waals surface area contributed by atoms with Gasteiger partial charge in [0.1, 0.15) is 6.33 Å². The summed E-state index contributed by atoms with van der Waals surface area (Å²) in [5.74, 6) is 0. The van der Waals surface area contributed by atoms with Gasteiger partial charge in [0.15, 0.2) is 0 Å². The van der Waals surface area contributed by atoms with Crippen LogP contribution in [0, 0.1) is 0 Å². The van der Waals surface area contributed by atoms with Crippen LogP contribution in [-0.4, -0.2) is 36.2 Å². The Morgan fingerprint density at radius 2 is 2.06 bits per heavy atom. The minimum absolute atomic E-state index is 0.394. The SMILES string of the molecule is CC(CNC1CC1)S(=O)(=O)Nc1cncnc1. The normalized spacial score (nSPS) is 17.7. The summed E-state index contributed by atoms with van der Waals surface area (Å²) in [5.41, 5.74) is 0.394. The van der Waals surface area contributed by atoms with Gasteiger partial charge in [0.2, 0.25) is 10.0 Å². The molecule has 1 atom stereocenters. The van der Waals surface area contributed by atoms with E-state index in [1.165, 1.54) is 18.7 Å². The summed E-state index contributed by atoms with van der Waals surface area (Å²) < 4.78 is 26.3. The van der Waals surface area contributed by atoms with Crippen molar-refractivity contribution in [2.24, 2.45) is 0 Å². The summed E-state index contributed by atoms with van der Waals surface area (Å²) >= 11 is 0. The quantitative estimate of drug-likeness (QED) is 0.767. The Labute approximate surface area is 101 Å². The first-order valence-electron chi connectivity index (χ1n) is 5.58. The minimum Gasteiger partial charge on any atom is -0.313 e. The van der Waals surface area contributed by atoms with Gasteiger partial charge >= 0.3 is 0 Å². The lowest BCUT2D eigenvalue weighted by Crippen LogP contribution is -2.35. The van der Waals surface area contributed by atoms with Crippen LogP contribution in [0.2, 0.25) is 0 Å². The number of nitrogens with zero attached hydrogens (tertiary/aromatic N) is 2. The second kappa shape index (κ2) is 4.97. The summed E-state index contributed by atoms with van der Waals surface area (Å²) in [6.07, 6.45) is 6.52. The van der Waals surface area contributed by atoms with Gasteiger partial charge in [0.05, 0.1) is 23.3 Å². The van der Waals surface area contributed by atoms with E-state index in [0.29, 0.717) is 18.3 Å². The molecule has 6 nitrogen and oxygen atoms in total. The smallest absolute Gasteiger partial charge is 0.236 e. The van der Waals surface area contributed by atoms with E-state index in [9.17, 15) is 8.42 Å². The number of rotatable bonds is 6. The van der Waals surface area contributed by atoms with Crippen molar-refractivity contribution in [3.05, 3.63) is 18.7 Å². The Morgan fingerprint density at radius 3 is 2.65 bits per heavy atom. The second-order valence-electron chi connectivity index (χ2n) is 4.27. The molecule has 1 fully saturated rings. The number of sulfonamides is 1. The molecule has 0 radical (unpaired) electrons. The van der Waals surface area contributed by atoms with Gasteiger partial charge in [-0.25, -0.2) is 18.4 Å². The molecule has 1 aliphatic carbocycles. The number of hydrogen-bond acceptors (Lipinski definition) is 5. The van der Waals surface area contributed by atoms with E-state index in [1.54, 1.807) is 6.92 Å². The Morgan fingerprint density at radius 1 is 1.41 bits per heavy atom. The lowest BCUT2D eigenvalue weighted by molar-refractivity contribution is 0.576. The topological polar surface area (TPSA) is 84.0 Å². The Balaban J connectivity index is 1.92. The predicted octanol–water partition coefficient (Wildman–Crippen LogP) is 0.359.